The number of aliphatic hydroxyl groups is 1. The Morgan fingerprint density at radius 3 is 2.59 bits per heavy atom. The minimum atomic E-state index is -0.137. The van der Waals surface area contributed by atoms with Gasteiger partial charge in [0.15, 0.2) is 0 Å². The molecular weight excluding hydrogens is 340 g/mol. The van der Waals surface area contributed by atoms with Gasteiger partial charge in [0.1, 0.15) is 11.5 Å². The van der Waals surface area contributed by atoms with Crippen LogP contribution in [0.2, 0.25) is 0 Å². The first-order valence-electron chi connectivity index (χ1n) is 9.05. The summed E-state index contributed by atoms with van der Waals surface area (Å²) >= 11 is 0. The predicted octanol–water partition coefficient (Wildman–Crippen LogP) is 2.94. The van der Waals surface area contributed by atoms with Crippen molar-refractivity contribution in [3.8, 4) is 0 Å². The van der Waals surface area contributed by atoms with Crippen LogP contribution in [0.5, 0.6) is 0 Å². The van der Waals surface area contributed by atoms with Crippen molar-refractivity contribution in [2.75, 3.05) is 25.5 Å². The smallest absolute Gasteiger partial charge is 0.253 e. The molecule has 0 bridgehead atoms. The van der Waals surface area contributed by atoms with Gasteiger partial charge in [-0.3, -0.25) is 9.20 Å². The Bertz CT molecular complexity index is 957. The zero-order valence-corrected chi connectivity index (χ0v) is 16.3. The minimum absolute atomic E-state index is 0.0648. The molecule has 1 aromatic carbocycles. The van der Waals surface area contributed by atoms with Crippen LogP contribution in [-0.2, 0) is 6.54 Å². The lowest BCUT2D eigenvalue weighted by atomic mass is 10.0. The molecule has 0 aliphatic heterocycles. The van der Waals surface area contributed by atoms with Gasteiger partial charge in [-0.05, 0) is 49.6 Å². The number of amides is 1. The van der Waals surface area contributed by atoms with Crippen molar-refractivity contribution < 1.29 is 9.90 Å². The number of hydrogen-bond donors (Lipinski definition) is 2. The molecule has 0 spiro atoms. The van der Waals surface area contributed by atoms with E-state index in [1.165, 1.54) is 21.6 Å². The molecule has 0 radical (unpaired) electrons. The zero-order valence-electron chi connectivity index (χ0n) is 16.3. The molecule has 0 fully saturated rings. The van der Waals surface area contributed by atoms with Gasteiger partial charge in [-0.15, -0.1) is 0 Å². The van der Waals surface area contributed by atoms with Crippen LogP contribution < -0.4 is 5.32 Å². The van der Waals surface area contributed by atoms with Crippen molar-refractivity contribution in [3.05, 3.63) is 64.5 Å². The van der Waals surface area contributed by atoms with E-state index in [-0.39, 0.29) is 12.5 Å². The number of carbonyl (C=O) groups excluding carboxylic acids is 1. The number of nitrogens with one attached hydrogen (secondary N) is 1. The molecule has 6 nitrogen and oxygen atoms in total. The third kappa shape index (κ3) is 3.95. The molecule has 142 valence electrons. The number of aryl methyl sites for hydroxylation is 3. The van der Waals surface area contributed by atoms with Crippen molar-refractivity contribution in [3.63, 3.8) is 0 Å². The maximum Gasteiger partial charge on any atom is 0.253 e. The summed E-state index contributed by atoms with van der Waals surface area (Å²) < 4.78 is 1.96. The molecule has 27 heavy (non-hydrogen) atoms. The van der Waals surface area contributed by atoms with Crippen LogP contribution in [0.1, 0.15) is 32.7 Å². The number of nitrogens with zero attached hydrogens (tertiary/aromatic N) is 3. The van der Waals surface area contributed by atoms with E-state index in [1.54, 1.807) is 13.1 Å². The molecule has 3 rings (SSSR count). The van der Waals surface area contributed by atoms with Crippen molar-refractivity contribution in [2.24, 2.45) is 0 Å². The lowest BCUT2D eigenvalue weighted by Gasteiger charge is -2.18. The molecule has 2 heterocycles. The van der Waals surface area contributed by atoms with E-state index in [2.05, 4.69) is 42.3 Å². The average molecular weight is 366 g/mol. The number of aromatic nitrogens is 2. The van der Waals surface area contributed by atoms with E-state index < -0.39 is 0 Å². The standard InChI is InChI=1S/C21H26N4O2/c1-14-6-5-7-15(2)18(14)12-22-19-10-17(21(27)24(4)8-9-26)11-20-23-16(3)13-25(19)20/h5-7,10-11,13,22,26H,8-9,12H2,1-4H3. The van der Waals surface area contributed by atoms with Gasteiger partial charge in [-0.1, -0.05) is 18.2 Å². The fourth-order valence-electron chi connectivity index (χ4n) is 3.25. The Hall–Kier alpha value is -2.86. The van der Waals surface area contributed by atoms with Gasteiger partial charge in [0, 0.05) is 31.9 Å². The van der Waals surface area contributed by atoms with Gasteiger partial charge in [-0.2, -0.15) is 0 Å². The van der Waals surface area contributed by atoms with Crippen LogP contribution in [-0.4, -0.2) is 45.5 Å². The van der Waals surface area contributed by atoms with E-state index >= 15 is 0 Å². The minimum Gasteiger partial charge on any atom is -0.395 e. The summed E-state index contributed by atoms with van der Waals surface area (Å²) in [6.07, 6.45) is 1.95. The van der Waals surface area contributed by atoms with Gasteiger partial charge < -0.3 is 15.3 Å². The van der Waals surface area contributed by atoms with Gasteiger partial charge >= 0.3 is 0 Å². The lowest BCUT2D eigenvalue weighted by molar-refractivity contribution is 0.0767. The van der Waals surface area contributed by atoms with Gasteiger partial charge in [-0.25, -0.2) is 4.98 Å². The summed E-state index contributed by atoms with van der Waals surface area (Å²) in [5.41, 5.74) is 5.87. The van der Waals surface area contributed by atoms with E-state index in [4.69, 9.17) is 5.11 Å². The zero-order chi connectivity index (χ0) is 19.6. The molecule has 0 saturated heterocycles. The van der Waals surface area contributed by atoms with Crippen LogP contribution in [0.3, 0.4) is 0 Å². The van der Waals surface area contributed by atoms with E-state index in [9.17, 15) is 4.79 Å². The number of hydrogen-bond acceptors (Lipinski definition) is 4. The van der Waals surface area contributed by atoms with Crippen LogP contribution in [0, 0.1) is 20.8 Å². The predicted molar refractivity (Wildman–Crippen MR) is 107 cm³/mol. The van der Waals surface area contributed by atoms with Crippen LogP contribution in [0.15, 0.2) is 36.5 Å². The highest BCUT2D eigenvalue weighted by molar-refractivity contribution is 5.96. The molecule has 0 atom stereocenters. The van der Waals surface area contributed by atoms with Crippen LogP contribution in [0.25, 0.3) is 5.65 Å². The highest BCUT2D eigenvalue weighted by Gasteiger charge is 2.15. The number of anilines is 1. The number of aliphatic hydroxyl groups excluding tert-OH is 1. The molecular formula is C21H26N4O2. The van der Waals surface area contributed by atoms with E-state index in [0.29, 0.717) is 18.7 Å². The van der Waals surface area contributed by atoms with Crippen molar-refractivity contribution in [2.45, 2.75) is 27.3 Å². The summed E-state index contributed by atoms with van der Waals surface area (Å²) in [4.78, 5) is 18.7. The second kappa shape index (κ2) is 7.80. The Morgan fingerprint density at radius 1 is 1.22 bits per heavy atom. The maximum absolute atomic E-state index is 12.7. The third-order valence-corrected chi connectivity index (χ3v) is 4.81. The number of likely N-dealkylation sites (N-methyl/N-ethyl adjacent to an activating group) is 1. The van der Waals surface area contributed by atoms with Crippen LogP contribution in [0.4, 0.5) is 5.82 Å². The Labute approximate surface area is 159 Å². The quantitative estimate of drug-likeness (QED) is 0.704. The molecule has 6 heteroatoms. The molecule has 0 saturated carbocycles. The Kier molecular flexibility index (Phi) is 5.46. The first-order chi connectivity index (χ1) is 12.9. The second-order valence-electron chi connectivity index (χ2n) is 6.91. The second-order valence-corrected chi connectivity index (χ2v) is 6.91. The SMILES string of the molecule is Cc1cn2c(NCc3c(C)cccc3C)cc(C(=O)N(C)CCO)cc2n1. The van der Waals surface area contributed by atoms with Gasteiger partial charge in [0.2, 0.25) is 0 Å². The van der Waals surface area contributed by atoms with Crippen molar-refractivity contribution in [1.29, 1.82) is 0 Å². The molecule has 0 unspecified atom stereocenters. The number of carbonyl (C=O) groups is 1. The highest BCUT2D eigenvalue weighted by atomic mass is 16.3. The molecule has 0 aliphatic rings. The van der Waals surface area contributed by atoms with Crippen molar-refractivity contribution >= 4 is 17.4 Å². The van der Waals surface area contributed by atoms with Gasteiger partial charge in [0.25, 0.3) is 5.91 Å². The van der Waals surface area contributed by atoms with E-state index in [0.717, 1.165) is 17.2 Å². The van der Waals surface area contributed by atoms with Gasteiger partial charge in [0.05, 0.1) is 12.3 Å². The maximum atomic E-state index is 12.7. The van der Waals surface area contributed by atoms with Crippen molar-refractivity contribution in [1.82, 2.24) is 14.3 Å². The highest BCUT2D eigenvalue weighted by Crippen LogP contribution is 2.21. The molecule has 3 aromatic rings. The lowest BCUT2D eigenvalue weighted by Crippen LogP contribution is -2.29. The Balaban J connectivity index is 1.97. The normalized spacial score (nSPS) is 11.0. The molecule has 0 aliphatic carbocycles. The monoisotopic (exact) mass is 366 g/mol. The Morgan fingerprint density at radius 2 is 1.93 bits per heavy atom. The van der Waals surface area contributed by atoms with E-state index in [1.807, 2.05) is 23.6 Å². The number of benzene rings is 1. The number of fused-ring (bicyclic) bond motifs is 1. The number of pyridine rings is 1. The average Bonchev–Trinajstić information content (AvgIpc) is 3.01. The number of rotatable bonds is 6. The summed E-state index contributed by atoms with van der Waals surface area (Å²) in [5.74, 6) is 0.679. The molecule has 2 aromatic heterocycles. The number of imidazole rings is 1. The fraction of sp³-hybridized carbons (Fsp3) is 0.333. The summed E-state index contributed by atoms with van der Waals surface area (Å²) in [7, 11) is 1.68. The summed E-state index contributed by atoms with van der Waals surface area (Å²) in [6, 6.07) is 9.89. The summed E-state index contributed by atoms with van der Waals surface area (Å²) in [5, 5.41) is 12.6. The first-order valence-corrected chi connectivity index (χ1v) is 9.05. The first kappa shape index (κ1) is 18.9. The topological polar surface area (TPSA) is 69.9 Å². The largest absolute Gasteiger partial charge is 0.395 e. The fourth-order valence-corrected chi connectivity index (χ4v) is 3.25. The third-order valence-electron chi connectivity index (χ3n) is 4.81. The molecule has 2 N–H and O–H groups in total. The summed E-state index contributed by atoms with van der Waals surface area (Å²) in [6.45, 7) is 7.03. The van der Waals surface area contributed by atoms with Crippen LogP contribution >= 0.6 is 0 Å². The molecule has 1 amide bonds.